The quantitative estimate of drug-likeness (QED) is 0.174. The van der Waals surface area contributed by atoms with Crippen LogP contribution < -0.4 is 0 Å². The first kappa shape index (κ1) is 32.6. The number of nitrogens with zero attached hydrogens (tertiary/aromatic N) is 3. The molecule has 4 heteroatoms. The Hall–Kier alpha value is -7.04. The molecule has 0 saturated heterocycles. The van der Waals surface area contributed by atoms with Gasteiger partial charge in [-0.1, -0.05) is 151 Å². The molecule has 0 atom stereocenters. The van der Waals surface area contributed by atoms with Crippen molar-refractivity contribution in [2.24, 2.45) is 0 Å². The van der Waals surface area contributed by atoms with Crippen LogP contribution in [-0.4, -0.2) is 19.6 Å². The SMILES string of the molecule is [2H]c1c([2H])c([2H])c(-c2ccnc(-c3cc(-c4cccc5c4nc(-c4cc(C)cc(C)c4O)n5-c4cc(C([2H])([2H])[2H])c(-c5ccccc5)cc4-c4ccc(C(C)(C)C)cc4)cc(C(C)(C)C)c3)c2)c([2H])c1[2H]. The third-order valence-electron chi connectivity index (χ3n) is 11.8. The van der Waals surface area contributed by atoms with Gasteiger partial charge >= 0.3 is 0 Å². The van der Waals surface area contributed by atoms with E-state index in [9.17, 15) is 5.11 Å². The van der Waals surface area contributed by atoms with E-state index in [-0.39, 0.29) is 39.8 Å². The smallest absolute Gasteiger partial charge is 0.149 e. The van der Waals surface area contributed by atoms with E-state index in [0.29, 0.717) is 50.5 Å². The van der Waals surface area contributed by atoms with Gasteiger partial charge in [-0.3, -0.25) is 9.55 Å². The predicted molar refractivity (Wildman–Crippen MR) is 265 cm³/mol. The van der Waals surface area contributed by atoms with Gasteiger partial charge in [0.2, 0.25) is 0 Å². The Balaban J connectivity index is 1.36. The first-order chi connectivity index (χ1) is 33.4. The van der Waals surface area contributed by atoms with Crippen molar-refractivity contribution in [3.05, 3.63) is 192 Å². The fraction of sp³-hybridized carbons (Fsp3) is 0.186. The van der Waals surface area contributed by atoms with E-state index < -0.39 is 25.0 Å². The van der Waals surface area contributed by atoms with Crippen LogP contribution in [0.1, 0.15) is 80.3 Å². The summed E-state index contributed by atoms with van der Waals surface area (Å²) < 4.78 is 71.2. The summed E-state index contributed by atoms with van der Waals surface area (Å²) in [4.78, 5) is 10.2. The number of hydrogen-bond donors (Lipinski definition) is 1. The molecule has 0 aliphatic rings. The molecule has 0 amide bonds. The average molecular weight is 830 g/mol. The Kier molecular flexibility index (Phi) is 8.30. The lowest BCUT2D eigenvalue weighted by atomic mass is 9.83. The lowest BCUT2D eigenvalue weighted by molar-refractivity contribution is 0.472. The number of fused-ring (bicyclic) bond motifs is 1. The molecule has 0 bridgehead atoms. The van der Waals surface area contributed by atoms with Gasteiger partial charge in [-0.25, -0.2) is 4.98 Å². The van der Waals surface area contributed by atoms with E-state index in [1.54, 1.807) is 24.4 Å². The molecule has 7 aromatic carbocycles. The number of phenols is 1. The number of aromatic hydroxyl groups is 1. The maximum Gasteiger partial charge on any atom is 0.149 e. The van der Waals surface area contributed by atoms with Crippen molar-refractivity contribution >= 4 is 11.0 Å². The van der Waals surface area contributed by atoms with Gasteiger partial charge in [0.15, 0.2) is 0 Å². The Bertz CT molecular complexity index is 3540. The van der Waals surface area contributed by atoms with Crippen LogP contribution in [0.15, 0.2) is 164 Å². The maximum absolute atomic E-state index is 12.0. The van der Waals surface area contributed by atoms with Gasteiger partial charge < -0.3 is 5.11 Å². The highest BCUT2D eigenvalue weighted by molar-refractivity contribution is 5.98. The molecule has 0 unspecified atom stereocenters. The molecule has 9 aromatic rings. The zero-order valence-electron chi connectivity index (χ0n) is 45.0. The second-order valence-corrected chi connectivity index (χ2v) is 18.5. The highest BCUT2D eigenvalue weighted by Crippen LogP contribution is 2.44. The number of phenolic OH excluding ortho intramolecular Hbond substituents is 1. The van der Waals surface area contributed by atoms with Crippen molar-refractivity contribution in [3.8, 4) is 78.6 Å². The highest BCUT2D eigenvalue weighted by atomic mass is 16.3. The minimum atomic E-state index is -2.52. The van der Waals surface area contributed by atoms with E-state index in [1.807, 2.05) is 91.2 Å². The Morgan fingerprint density at radius 2 is 1.27 bits per heavy atom. The molecule has 0 saturated carbocycles. The first-order valence-electron chi connectivity index (χ1n) is 25.3. The zero-order valence-corrected chi connectivity index (χ0v) is 37.0. The largest absolute Gasteiger partial charge is 0.507 e. The van der Waals surface area contributed by atoms with Gasteiger partial charge in [-0.05, 0) is 141 Å². The van der Waals surface area contributed by atoms with Crippen LogP contribution in [0.2, 0.25) is 0 Å². The summed E-state index contributed by atoms with van der Waals surface area (Å²) in [5, 5.41) is 12.0. The van der Waals surface area contributed by atoms with E-state index in [1.165, 1.54) is 0 Å². The third kappa shape index (κ3) is 7.98. The topological polar surface area (TPSA) is 50.9 Å². The standard InChI is InChI=1S/C59H55N3O/c1-37-29-39(3)56(63)51(30-37)57-61-55-48(44-32-45(34-47(33-44)59(7,8)9)52-35-43(27-28-60-52)40-17-12-10-13-18-40)21-16-22-53(55)62(57)54-31-38(2)49(41-19-14-11-15-20-41)36-50(54)42-23-25-46(26-24-42)58(4,5)6/h10-36,63H,1-9H3/i2D3,10D,12D,13D,17D,18D. The summed E-state index contributed by atoms with van der Waals surface area (Å²) in [6.45, 7) is 14.2. The molecule has 1 N–H and O–H groups in total. The summed E-state index contributed by atoms with van der Waals surface area (Å²) >= 11 is 0. The molecular formula is C59H55N3O. The fourth-order valence-corrected chi connectivity index (χ4v) is 8.40. The van der Waals surface area contributed by atoms with Gasteiger partial charge in [0.25, 0.3) is 0 Å². The normalized spacial score (nSPS) is 14.0. The molecule has 0 spiro atoms. The minimum absolute atomic E-state index is 0.0591. The fourth-order valence-electron chi connectivity index (χ4n) is 8.40. The molecule has 2 heterocycles. The number of hydrogen-bond acceptors (Lipinski definition) is 3. The Morgan fingerprint density at radius 1 is 0.556 bits per heavy atom. The van der Waals surface area contributed by atoms with Crippen molar-refractivity contribution in [1.29, 1.82) is 0 Å². The summed E-state index contributed by atoms with van der Waals surface area (Å²) in [6, 6.07) is 39.3. The van der Waals surface area contributed by atoms with Crippen LogP contribution in [0.5, 0.6) is 5.75 Å². The number of aromatic nitrogens is 3. The van der Waals surface area contributed by atoms with E-state index in [4.69, 9.17) is 20.9 Å². The lowest BCUT2D eigenvalue weighted by Gasteiger charge is -2.22. The van der Waals surface area contributed by atoms with Crippen LogP contribution >= 0.6 is 0 Å². The van der Waals surface area contributed by atoms with Gasteiger partial charge in [-0.15, -0.1) is 0 Å². The van der Waals surface area contributed by atoms with Crippen LogP contribution in [0.4, 0.5) is 0 Å². The Morgan fingerprint density at radius 3 is 1.98 bits per heavy atom. The molecule has 9 rings (SSSR count). The van der Waals surface area contributed by atoms with Crippen LogP contribution in [0, 0.1) is 20.7 Å². The maximum atomic E-state index is 12.0. The first-order valence-corrected chi connectivity index (χ1v) is 21.3. The number of imidazole rings is 1. The molecule has 0 aliphatic heterocycles. The van der Waals surface area contributed by atoms with Crippen molar-refractivity contribution in [1.82, 2.24) is 14.5 Å². The van der Waals surface area contributed by atoms with Crippen LogP contribution in [0.3, 0.4) is 0 Å². The molecule has 0 aliphatic carbocycles. The summed E-state index contributed by atoms with van der Waals surface area (Å²) in [5.41, 5.74) is 12.2. The molecule has 0 fully saturated rings. The monoisotopic (exact) mass is 829 g/mol. The van der Waals surface area contributed by atoms with Crippen molar-refractivity contribution in [2.75, 3.05) is 0 Å². The van der Waals surface area contributed by atoms with Crippen molar-refractivity contribution in [3.63, 3.8) is 0 Å². The second kappa shape index (κ2) is 16.0. The lowest BCUT2D eigenvalue weighted by Crippen LogP contribution is -2.11. The molecule has 2 aromatic heterocycles. The molecule has 4 nitrogen and oxygen atoms in total. The number of benzene rings is 7. The van der Waals surface area contributed by atoms with Crippen molar-refractivity contribution < 1.29 is 16.1 Å². The highest BCUT2D eigenvalue weighted by Gasteiger charge is 2.25. The number of pyridine rings is 1. The van der Waals surface area contributed by atoms with Crippen LogP contribution in [-0.2, 0) is 10.8 Å². The molecule has 312 valence electrons. The van der Waals surface area contributed by atoms with E-state index in [2.05, 4.69) is 77.9 Å². The van der Waals surface area contributed by atoms with E-state index >= 15 is 0 Å². The van der Waals surface area contributed by atoms with Gasteiger partial charge in [-0.2, -0.15) is 0 Å². The number of rotatable bonds is 7. The number of aryl methyl sites for hydroxylation is 3. The van der Waals surface area contributed by atoms with Gasteiger partial charge in [0.1, 0.15) is 11.6 Å². The van der Waals surface area contributed by atoms with Gasteiger partial charge in [0.05, 0.1) is 34.8 Å². The minimum Gasteiger partial charge on any atom is -0.507 e. The molecular weight excluding hydrogens is 767 g/mol. The molecule has 63 heavy (non-hydrogen) atoms. The van der Waals surface area contributed by atoms with Crippen molar-refractivity contribution in [2.45, 2.75) is 73.1 Å². The number of para-hydroxylation sites is 1. The second-order valence-electron chi connectivity index (χ2n) is 18.5. The van der Waals surface area contributed by atoms with E-state index in [0.717, 1.165) is 50.1 Å². The van der Waals surface area contributed by atoms with Gasteiger partial charge in [0, 0.05) is 27.0 Å². The third-order valence-corrected chi connectivity index (χ3v) is 11.8. The summed E-state index contributed by atoms with van der Waals surface area (Å²) in [5.74, 6) is 0.484. The summed E-state index contributed by atoms with van der Waals surface area (Å²) in [6.07, 6.45) is 1.59. The molecule has 0 radical (unpaired) electrons. The summed E-state index contributed by atoms with van der Waals surface area (Å²) in [7, 11) is 0. The average Bonchev–Trinajstić information content (AvgIpc) is 3.72. The zero-order chi connectivity index (χ0) is 51.1. The van der Waals surface area contributed by atoms with Crippen LogP contribution in [0.25, 0.3) is 83.9 Å². The Labute approximate surface area is 383 Å². The predicted octanol–water partition coefficient (Wildman–Crippen LogP) is 15.6.